The van der Waals surface area contributed by atoms with E-state index in [9.17, 15) is 13.6 Å². The van der Waals surface area contributed by atoms with Crippen LogP contribution in [-0.4, -0.2) is 33.5 Å². The van der Waals surface area contributed by atoms with E-state index in [0.717, 1.165) is 39.3 Å². The summed E-state index contributed by atoms with van der Waals surface area (Å²) < 4.78 is 26.1. The fourth-order valence-corrected chi connectivity index (χ4v) is 3.76. The Morgan fingerprint density at radius 3 is 2.78 bits per heavy atom. The lowest BCUT2D eigenvalue weighted by molar-refractivity contribution is 0.252. The standard InChI is InChI=1S/C23H19F2N5OS/c24-19-8-4-16(13-20(19)25)28-23(31)27-11-12-32-17-6-7-18-21(29-30-22(18)14-17)9-5-15-3-1-2-10-26-15/h1-10,13-14H,11-12H2,(H,29,30)(H2,27,28,31). The van der Waals surface area contributed by atoms with Crippen LogP contribution in [-0.2, 0) is 0 Å². The van der Waals surface area contributed by atoms with Crippen LogP contribution in [0, 0.1) is 11.6 Å². The summed E-state index contributed by atoms with van der Waals surface area (Å²) in [5.41, 5.74) is 2.79. The van der Waals surface area contributed by atoms with Crippen molar-refractivity contribution in [2.24, 2.45) is 0 Å². The van der Waals surface area contributed by atoms with Crippen molar-refractivity contribution in [2.45, 2.75) is 4.90 Å². The van der Waals surface area contributed by atoms with Gasteiger partial charge in [0.15, 0.2) is 11.6 Å². The minimum Gasteiger partial charge on any atom is -0.337 e. The van der Waals surface area contributed by atoms with Crippen LogP contribution >= 0.6 is 11.8 Å². The van der Waals surface area contributed by atoms with Gasteiger partial charge in [0.25, 0.3) is 0 Å². The number of H-pyrrole nitrogens is 1. The summed E-state index contributed by atoms with van der Waals surface area (Å²) >= 11 is 1.58. The van der Waals surface area contributed by atoms with E-state index in [0.29, 0.717) is 12.3 Å². The molecule has 2 aromatic heterocycles. The molecule has 0 aliphatic carbocycles. The van der Waals surface area contributed by atoms with Crippen molar-refractivity contribution < 1.29 is 13.6 Å². The molecule has 2 amide bonds. The second kappa shape index (κ2) is 10.1. The van der Waals surface area contributed by atoms with Gasteiger partial charge in [0.2, 0.25) is 0 Å². The first-order valence-corrected chi connectivity index (χ1v) is 10.8. The molecule has 0 spiro atoms. The lowest BCUT2D eigenvalue weighted by Crippen LogP contribution is -2.30. The zero-order valence-corrected chi connectivity index (χ0v) is 17.6. The van der Waals surface area contributed by atoms with Gasteiger partial charge in [0.05, 0.1) is 16.9 Å². The van der Waals surface area contributed by atoms with Crippen molar-refractivity contribution in [3.63, 3.8) is 0 Å². The summed E-state index contributed by atoms with van der Waals surface area (Å²) in [6.07, 6.45) is 5.58. The number of nitrogens with one attached hydrogen (secondary N) is 3. The number of rotatable bonds is 7. The van der Waals surface area contributed by atoms with Gasteiger partial charge in [0.1, 0.15) is 0 Å². The summed E-state index contributed by atoms with van der Waals surface area (Å²) in [7, 11) is 0. The summed E-state index contributed by atoms with van der Waals surface area (Å²) in [6, 6.07) is 14.4. The van der Waals surface area contributed by atoms with Crippen LogP contribution in [0.25, 0.3) is 23.1 Å². The molecular weight excluding hydrogens is 432 g/mol. The van der Waals surface area contributed by atoms with E-state index in [4.69, 9.17) is 0 Å². The molecule has 32 heavy (non-hydrogen) atoms. The molecule has 0 saturated heterocycles. The number of hydrogen-bond donors (Lipinski definition) is 3. The number of carbonyl (C=O) groups excluding carboxylic acids is 1. The number of carbonyl (C=O) groups is 1. The molecule has 3 N–H and O–H groups in total. The predicted molar refractivity (Wildman–Crippen MR) is 123 cm³/mol. The smallest absolute Gasteiger partial charge is 0.319 e. The fraction of sp³-hybridized carbons (Fsp3) is 0.0870. The van der Waals surface area contributed by atoms with E-state index >= 15 is 0 Å². The molecule has 9 heteroatoms. The van der Waals surface area contributed by atoms with Gasteiger partial charge in [-0.25, -0.2) is 13.6 Å². The van der Waals surface area contributed by atoms with E-state index in [1.54, 1.807) is 18.0 Å². The molecule has 4 rings (SSSR count). The van der Waals surface area contributed by atoms with Crippen LogP contribution in [0.15, 0.2) is 65.7 Å². The van der Waals surface area contributed by atoms with Gasteiger partial charge in [-0.1, -0.05) is 6.07 Å². The number of benzene rings is 2. The monoisotopic (exact) mass is 451 g/mol. The number of hydrogen-bond acceptors (Lipinski definition) is 4. The molecule has 2 heterocycles. The van der Waals surface area contributed by atoms with Gasteiger partial charge >= 0.3 is 6.03 Å². The zero-order chi connectivity index (χ0) is 22.3. The van der Waals surface area contributed by atoms with Gasteiger partial charge in [-0.2, -0.15) is 5.10 Å². The number of halogens is 2. The Kier molecular flexibility index (Phi) is 6.76. The number of thioether (sulfide) groups is 1. The first kappa shape index (κ1) is 21.5. The normalized spacial score (nSPS) is 11.2. The number of pyridine rings is 1. The average molecular weight is 452 g/mol. The average Bonchev–Trinajstić information content (AvgIpc) is 3.21. The molecule has 0 saturated carbocycles. The number of fused-ring (bicyclic) bond motifs is 1. The van der Waals surface area contributed by atoms with Crippen molar-refractivity contribution in [3.05, 3.63) is 83.8 Å². The summed E-state index contributed by atoms with van der Waals surface area (Å²) in [4.78, 5) is 17.2. The number of amides is 2. The second-order valence-electron chi connectivity index (χ2n) is 6.76. The van der Waals surface area contributed by atoms with Crippen molar-refractivity contribution in [1.29, 1.82) is 0 Å². The molecule has 6 nitrogen and oxygen atoms in total. The number of nitrogens with zero attached hydrogens (tertiary/aromatic N) is 2. The van der Waals surface area contributed by atoms with Gasteiger partial charge in [0, 0.05) is 40.5 Å². The number of aromatic nitrogens is 3. The third-order valence-electron chi connectivity index (χ3n) is 4.50. The summed E-state index contributed by atoms with van der Waals surface area (Å²) in [5, 5.41) is 13.6. The molecule has 0 fully saturated rings. The van der Waals surface area contributed by atoms with Crippen LogP contribution in [0.4, 0.5) is 19.3 Å². The molecule has 0 unspecified atom stereocenters. The molecule has 4 aromatic rings. The van der Waals surface area contributed by atoms with E-state index < -0.39 is 17.7 Å². The Balaban J connectivity index is 1.28. The lowest BCUT2D eigenvalue weighted by atomic mass is 10.2. The molecule has 162 valence electrons. The molecule has 0 bridgehead atoms. The Morgan fingerprint density at radius 1 is 1.06 bits per heavy atom. The molecular formula is C23H19F2N5OS. The number of anilines is 1. The lowest BCUT2D eigenvalue weighted by Gasteiger charge is -2.08. The molecule has 0 aliphatic rings. The minimum atomic E-state index is -1.01. The van der Waals surface area contributed by atoms with Crippen LogP contribution in [0.1, 0.15) is 11.4 Å². The fourth-order valence-electron chi connectivity index (χ4n) is 2.96. The highest BCUT2D eigenvalue weighted by atomic mass is 32.2. The van der Waals surface area contributed by atoms with Crippen LogP contribution in [0.5, 0.6) is 0 Å². The molecule has 2 aromatic carbocycles. The van der Waals surface area contributed by atoms with E-state index in [1.165, 1.54) is 6.07 Å². The Labute approximate surface area is 187 Å². The highest BCUT2D eigenvalue weighted by Gasteiger charge is 2.07. The third-order valence-corrected chi connectivity index (χ3v) is 5.49. The predicted octanol–water partition coefficient (Wildman–Crippen LogP) is 5.32. The highest BCUT2D eigenvalue weighted by Crippen LogP contribution is 2.25. The first-order chi connectivity index (χ1) is 15.6. The second-order valence-corrected chi connectivity index (χ2v) is 7.93. The van der Waals surface area contributed by atoms with Gasteiger partial charge in [-0.15, -0.1) is 11.8 Å². The number of urea groups is 1. The quantitative estimate of drug-likeness (QED) is 0.262. The third kappa shape index (κ3) is 5.50. The SMILES string of the molecule is O=C(NCCSc1ccc2c(C=Cc3ccccn3)n[nH]c2c1)Nc1ccc(F)c(F)c1. The maximum absolute atomic E-state index is 13.2. The largest absolute Gasteiger partial charge is 0.337 e. The first-order valence-electron chi connectivity index (χ1n) is 9.78. The van der Waals surface area contributed by atoms with E-state index in [2.05, 4.69) is 25.8 Å². The summed E-state index contributed by atoms with van der Waals surface area (Å²) in [5.74, 6) is -1.34. The maximum atomic E-state index is 13.2. The Hall–Kier alpha value is -3.72. The zero-order valence-electron chi connectivity index (χ0n) is 16.8. The maximum Gasteiger partial charge on any atom is 0.319 e. The Morgan fingerprint density at radius 2 is 1.97 bits per heavy atom. The van der Waals surface area contributed by atoms with Crippen molar-refractivity contribution in [2.75, 3.05) is 17.6 Å². The molecule has 0 radical (unpaired) electrons. The van der Waals surface area contributed by atoms with Crippen LogP contribution < -0.4 is 10.6 Å². The topological polar surface area (TPSA) is 82.7 Å². The van der Waals surface area contributed by atoms with Crippen LogP contribution in [0.3, 0.4) is 0 Å². The summed E-state index contributed by atoms with van der Waals surface area (Å²) in [6.45, 7) is 0.402. The number of aromatic amines is 1. The van der Waals surface area contributed by atoms with Crippen molar-refractivity contribution in [1.82, 2.24) is 20.5 Å². The minimum absolute atomic E-state index is 0.187. The van der Waals surface area contributed by atoms with Gasteiger partial charge in [-0.3, -0.25) is 10.1 Å². The van der Waals surface area contributed by atoms with Crippen molar-refractivity contribution >= 4 is 46.5 Å². The molecule has 0 aliphatic heterocycles. The highest BCUT2D eigenvalue weighted by molar-refractivity contribution is 7.99. The molecule has 0 atom stereocenters. The van der Waals surface area contributed by atoms with Crippen LogP contribution in [0.2, 0.25) is 0 Å². The Bertz CT molecular complexity index is 1260. The van der Waals surface area contributed by atoms with Gasteiger partial charge < -0.3 is 10.6 Å². The van der Waals surface area contributed by atoms with Gasteiger partial charge in [-0.05, 0) is 54.6 Å². The van der Waals surface area contributed by atoms with Crippen molar-refractivity contribution in [3.8, 4) is 0 Å². The van der Waals surface area contributed by atoms with E-state index in [-0.39, 0.29) is 5.69 Å². The van der Waals surface area contributed by atoms with E-state index in [1.807, 2.05) is 48.6 Å².